The van der Waals surface area contributed by atoms with Crippen molar-refractivity contribution in [1.29, 1.82) is 0 Å². The molecular formula is C11H13NO4S2. The molecule has 0 saturated carbocycles. The molecule has 0 aliphatic rings. The van der Waals surface area contributed by atoms with Gasteiger partial charge in [0.15, 0.2) is 0 Å². The number of hydrogen-bond donors (Lipinski definition) is 0. The molecule has 1 heterocycles. The minimum Gasteiger partial charge on any atom is -0.465 e. The molecular weight excluding hydrogens is 274 g/mol. The van der Waals surface area contributed by atoms with Crippen molar-refractivity contribution in [2.24, 2.45) is 0 Å². The van der Waals surface area contributed by atoms with Crippen LogP contribution in [0.15, 0.2) is 10.3 Å². The van der Waals surface area contributed by atoms with E-state index in [2.05, 4.69) is 10.7 Å². The standard InChI is InChI=1S/C11H13NO4S2/c1-5-6-12(3)18(14,15)10-8(2)7-17-9(10)11(13)16-4/h1,7H,6H2,2-4H3. The summed E-state index contributed by atoms with van der Waals surface area (Å²) in [6, 6.07) is 0. The molecule has 1 rings (SSSR count). The zero-order valence-electron chi connectivity index (χ0n) is 10.3. The number of rotatable bonds is 4. The summed E-state index contributed by atoms with van der Waals surface area (Å²) in [5.74, 6) is 1.59. The quantitative estimate of drug-likeness (QED) is 0.614. The minimum absolute atomic E-state index is 0.0305. The Bertz CT molecular complexity index is 595. The average molecular weight is 287 g/mol. The van der Waals surface area contributed by atoms with Crippen molar-refractivity contribution in [3.63, 3.8) is 0 Å². The van der Waals surface area contributed by atoms with Crippen LogP contribution in [0.5, 0.6) is 0 Å². The highest BCUT2D eigenvalue weighted by Crippen LogP contribution is 2.29. The molecule has 18 heavy (non-hydrogen) atoms. The third-order valence-electron chi connectivity index (χ3n) is 2.27. The smallest absolute Gasteiger partial charge is 0.349 e. The van der Waals surface area contributed by atoms with Crippen molar-refractivity contribution in [3.05, 3.63) is 15.8 Å². The molecule has 0 saturated heterocycles. The van der Waals surface area contributed by atoms with E-state index in [1.54, 1.807) is 12.3 Å². The molecule has 98 valence electrons. The number of methoxy groups -OCH3 is 1. The third-order valence-corrected chi connectivity index (χ3v) is 5.47. The molecule has 0 atom stereocenters. The lowest BCUT2D eigenvalue weighted by molar-refractivity contribution is 0.0602. The van der Waals surface area contributed by atoms with Gasteiger partial charge in [-0.1, -0.05) is 5.92 Å². The Balaban J connectivity index is 3.38. The summed E-state index contributed by atoms with van der Waals surface area (Å²) in [6.07, 6.45) is 5.10. The van der Waals surface area contributed by atoms with Gasteiger partial charge in [0.25, 0.3) is 0 Å². The highest BCUT2D eigenvalue weighted by atomic mass is 32.2. The highest BCUT2D eigenvalue weighted by molar-refractivity contribution is 7.89. The molecule has 0 aliphatic carbocycles. The van der Waals surface area contributed by atoms with Crippen LogP contribution in [-0.4, -0.2) is 39.4 Å². The van der Waals surface area contributed by atoms with Gasteiger partial charge in [0, 0.05) is 7.05 Å². The summed E-state index contributed by atoms with van der Waals surface area (Å²) >= 11 is 1.04. The van der Waals surface area contributed by atoms with Crippen molar-refractivity contribution in [3.8, 4) is 12.3 Å². The first-order valence-corrected chi connectivity index (χ1v) is 7.24. The molecule has 0 radical (unpaired) electrons. The fourth-order valence-corrected chi connectivity index (χ4v) is 4.09. The lowest BCUT2D eigenvalue weighted by atomic mass is 10.3. The second-order valence-electron chi connectivity index (χ2n) is 3.53. The second-order valence-corrected chi connectivity index (χ2v) is 6.40. The summed E-state index contributed by atoms with van der Waals surface area (Å²) < 4.78 is 30.1. The van der Waals surface area contributed by atoms with E-state index in [0.29, 0.717) is 5.56 Å². The summed E-state index contributed by atoms with van der Waals surface area (Å²) in [4.78, 5) is 11.6. The van der Waals surface area contributed by atoms with Crippen LogP contribution < -0.4 is 0 Å². The Labute approximate surface area is 110 Å². The van der Waals surface area contributed by atoms with Crippen molar-refractivity contribution in [1.82, 2.24) is 4.31 Å². The van der Waals surface area contributed by atoms with Gasteiger partial charge in [-0.05, 0) is 17.9 Å². The summed E-state index contributed by atoms with van der Waals surface area (Å²) in [6.45, 7) is 1.57. The first-order valence-electron chi connectivity index (χ1n) is 4.92. The van der Waals surface area contributed by atoms with Crippen LogP contribution in [-0.2, 0) is 14.8 Å². The van der Waals surface area contributed by atoms with Crippen LogP contribution in [0.4, 0.5) is 0 Å². The molecule has 7 heteroatoms. The van der Waals surface area contributed by atoms with Gasteiger partial charge in [-0.2, -0.15) is 4.31 Å². The van der Waals surface area contributed by atoms with Gasteiger partial charge in [-0.15, -0.1) is 17.8 Å². The maximum absolute atomic E-state index is 12.3. The first kappa shape index (κ1) is 14.7. The summed E-state index contributed by atoms with van der Waals surface area (Å²) in [5.41, 5.74) is 0.504. The van der Waals surface area contributed by atoms with Crippen molar-refractivity contribution >= 4 is 27.3 Å². The van der Waals surface area contributed by atoms with Gasteiger partial charge in [0.1, 0.15) is 9.77 Å². The van der Waals surface area contributed by atoms with Gasteiger partial charge < -0.3 is 4.74 Å². The molecule has 0 unspecified atom stereocenters. The van der Waals surface area contributed by atoms with E-state index in [4.69, 9.17) is 6.42 Å². The number of aryl methyl sites for hydroxylation is 1. The summed E-state index contributed by atoms with van der Waals surface area (Å²) in [5, 5.41) is 1.60. The number of nitrogens with zero attached hydrogens (tertiary/aromatic N) is 1. The third kappa shape index (κ3) is 2.56. The predicted molar refractivity (Wildman–Crippen MR) is 69.0 cm³/mol. The lowest BCUT2D eigenvalue weighted by Gasteiger charge is -2.15. The van der Waals surface area contributed by atoms with E-state index in [9.17, 15) is 13.2 Å². The van der Waals surface area contributed by atoms with Gasteiger partial charge in [0.2, 0.25) is 10.0 Å². The van der Waals surface area contributed by atoms with Crippen LogP contribution in [0, 0.1) is 19.3 Å². The molecule has 0 fully saturated rings. The highest BCUT2D eigenvalue weighted by Gasteiger charge is 2.30. The van der Waals surface area contributed by atoms with E-state index < -0.39 is 16.0 Å². The normalized spacial score (nSPS) is 11.3. The number of ether oxygens (including phenoxy) is 1. The number of thiophene rings is 1. The van der Waals surface area contributed by atoms with Crippen molar-refractivity contribution < 1.29 is 17.9 Å². The maximum Gasteiger partial charge on any atom is 0.349 e. The van der Waals surface area contributed by atoms with E-state index in [1.807, 2.05) is 0 Å². The Morgan fingerprint density at radius 2 is 2.22 bits per heavy atom. The largest absolute Gasteiger partial charge is 0.465 e. The number of esters is 1. The Kier molecular flexibility index (Phi) is 4.51. The van der Waals surface area contributed by atoms with E-state index in [1.165, 1.54) is 14.2 Å². The molecule has 0 spiro atoms. The lowest BCUT2D eigenvalue weighted by Crippen LogP contribution is -2.28. The van der Waals surface area contributed by atoms with E-state index in [-0.39, 0.29) is 16.3 Å². The molecule has 0 aromatic carbocycles. The number of terminal acetylenes is 1. The monoisotopic (exact) mass is 287 g/mol. The second kappa shape index (κ2) is 5.52. The molecule has 1 aromatic heterocycles. The zero-order valence-corrected chi connectivity index (χ0v) is 11.9. The van der Waals surface area contributed by atoms with Crippen LogP contribution >= 0.6 is 11.3 Å². The molecule has 0 bridgehead atoms. The minimum atomic E-state index is -3.77. The van der Waals surface area contributed by atoms with Gasteiger partial charge in [-0.25, -0.2) is 13.2 Å². The zero-order chi connectivity index (χ0) is 13.9. The molecule has 5 nitrogen and oxygen atoms in total. The Hall–Kier alpha value is -1.36. The molecule has 0 N–H and O–H groups in total. The fourth-order valence-electron chi connectivity index (χ4n) is 1.36. The van der Waals surface area contributed by atoms with Crippen LogP contribution in [0.25, 0.3) is 0 Å². The number of hydrogen-bond acceptors (Lipinski definition) is 5. The number of carbonyl (C=O) groups excluding carboxylic acids is 1. The number of carbonyl (C=O) groups is 1. The van der Waals surface area contributed by atoms with Crippen molar-refractivity contribution in [2.45, 2.75) is 11.8 Å². The number of sulfonamides is 1. The Morgan fingerprint density at radius 1 is 1.61 bits per heavy atom. The van der Waals surface area contributed by atoms with Gasteiger partial charge >= 0.3 is 5.97 Å². The van der Waals surface area contributed by atoms with E-state index in [0.717, 1.165) is 15.6 Å². The average Bonchev–Trinajstić information content (AvgIpc) is 2.71. The maximum atomic E-state index is 12.3. The van der Waals surface area contributed by atoms with Crippen molar-refractivity contribution in [2.75, 3.05) is 20.7 Å². The molecule has 0 amide bonds. The first-order chi connectivity index (χ1) is 8.36. The van der Waals surface area contributed by atoms with Gasteiger partial charge in [0.05, 0.1) is 13.7 Å². The van der Waals surface area contributed by atoms with Gasteiger partial charge in [-0.3, -0.25) is 0 Å². The van der Waals surface area contributed by atoms with Crippen LogP contribution in [0.3, 0.4) is 0 Å². The topological polar surface area (TPSA) is 63.7 Å². The molecule has 1 aromatic rings. The predicted octanol–water partition coefficient (Wildman–Crippen LogP) is 1.10. The fraction of sp³-hybridized carbons (Fsp3) is 0.364. The summed E-state index contributed by atoms with van der Waals surface area (Å²) in [7, 11) is -1.20. The Morgan fingerprint density at radius 3 is 2.72 bits per heavy atom. The molecule has 0 aliphatic heterocycles. The SMILES string of the molecule is C#CCN(C)S(=O)(=O)c1c(C)csc1C(=O)OC. The van der Waals surface area contributed by atoms with Crippen LogP contribution in [0.2, 0.25) is 0 Å². The van der Waals surface area contributed by atoms with Crippen LogP contribution in [0.1, 0.15) is 15.2 Å². The van der Waals surface area contributed by atoms with E-state index >= 15 is 0 Å².